The molecule has 0 spiro atoms. The first kappa shape index (κ1) is 16.8. The van der Waals surface area contributed by atoms with Crippen LogP contribution in [0.4, 0.5) is 0 Å². The minimum Gasteiger partial charge on any atom is -0.493 e. The molecule has 3 heterocycles. The van der Waals surface area contributed by atoms with E-state index in [2.05, 4.69) is 15.4 Å². The lowest BCUT2D eigenvalue weighted by molar-refractivity contribution is 0.0924. The monoisotopic (exact) mass is 362 g/mol. The third-order valence-corrected chi connectivity index (χ3v) is 4.29. The summed E-state index contributed by atoms with van der Waals surface area (Å²) in [7, 11) is 3.44. The van der Waals surface area contributed by atoms with Crippen LogP contribution in [0, 0.1) is 0 Å². The zero-order valence-corrected chi connectivity index (χ0v) is 15.0. The van der Waals surface area contributed by atoms with Gasteiger partial charge in [0, 0.05) is 30.4 Å². The van der Waals surface area contributed by atoms with E-state index >= 15 is 0 Å². The molecule has 0 saturated carbocycles. The summed E-state index contributed by atoms with van der Waals surface area (Å²) in [5, 5.41) is 8.11. The van der Waals surface area contributed by atoms with Gasteiger partial charge in [-0.15, -0.1) is 0 Å². The lowest BCUT2D eigenvalue weighted by Crippen LogP contribution is -2.22. The predicted octanol–water partition coefficient (Wildman–Crippen LogP) is 3.17. The van der Waals surface area contributed by atoms with Crippen molar-refractivity contribution in [1.29, 1.82) is 0 Å². The Labute approximate surface area is 155 Å². The lowest BCUT2D eigenvalue weighted by Gasteiger charge is -2.00. The van der Waals surface area contributed by atoms with E-state index in [1.165, 1.54) is 0 Å². The number of aryl methyl sites for hydroxylation is 1. The van der Waals surface area contributed by atoms with Crippen LogP contribution in [0.15, 0.2) is 59.3 Å². The Morgan fingerprint density at radius 3 is 2.81 bits per heavy atom. The van der Waals surface area contributed by atoms with Gasteiger partial charge in [0.15, 0.2) is 17.1 Å². The molecule has 0 atom stereocenters. The van der Waals surface area contributed by atoms with E-state index in [1.54, 1.807) is 36.3 Å². The molecule has 1 N–H and O–H groups in total. The van der Waals surface area contributed by atoms with E-state index < -0.39 is 0 Å². The summed E-state index contributed by atoms with van der Waals surface area (Å²) in [5.74, 6) is 0.530. The van der Waals surface area contributed by atoms with E-state index in [-0.39, 0.29) is 11.7 Å². The van der Waals surface area contributed by atoms with Crippen LogP contribution < -0.4 is 10.1 Å². The minimum absolute atomic E-state index is 0.236. The second kappa shape index (κ2) is 6.95. The number of nitrogens with zero attached hydrogens (tertiary/aromatic N) is 3. The Morgan fingerprint density at radius 2 is 2.04 bits per heavy atom. The molecule has 0 radical (unpaired) electrons. The largest absolute Gasteiger partial charge is 0.493 e. The maximum absolute atomic E-state index is 12.5. The Balaban J connectivity index is 1.50. The molecule has 0 aliphatic heterocycles. The summed E-state index contributed by atoms with van der Waals surface area (Å²) in [6.45, 7) is 0.298. The zero-order chi connectivity index (χ0) is 18.8. The predicted molar refractivity (Wildman–Crippen MR) is 100 cm³/mol. The van der Waals surface area contributed by atoms with E-state index in [1.807, 2.05) is 37.4 Å². The standard InChI is InChI=1S/C20H18N4O3/c1-24-16(13-6-8-21-9-7-13)11-15(23-24)12-22-20(25)18-10-14-4-3-5-17(26-2)19(14)27-18/h3-11H,12H2,1-2H3,(H,22,25). The number of ether oxygens (including phenoxy) is 1. The van der Waals surface area contributed by atoms with Crippen LogP contribution in [0.25, 0.3) is 22.2 Å². The molecule has 0 saturated heterocycles. The van der Waals surface area contributed by atoms with Crippen LogP contribution in [0.3, 0.4) is 0 Å². The summed E-state index contributed by atoms with van der Waals surface area (Å²) in [6, 6.07) is 13.0. The summed E-state index contributed by atoms with van der Waals surface area (Å²) in [5.41, 5.74) is 3.28. The Morgan fingerprint density at radius 1 is 1.22 bits per heavy atom. The number of benzene rings is 1. The van der Waals surface area contributed by atoms with Crippen molar-refractivity contribution in [1.82, 2.24) is 20.1 Å². The number of hydrogen-bond donors (Lipinski definition) is 1. The number of aromatic nitrogens is 3. The maximum atomic E-state index is 12.5. The van der Waals surface area contributed by atoms with Gasteiger partial charge in [-0.1, -0.05) is 12.1 Å². The highest BCUT2D eigenvalue weighted by Crippen LogP contribution is 2.28. The highest BCUT2D eigenvalue weighted by Gasteiger charge is 2.15. The van der Waals surface area contributed by atoms with Gasteiger partial charge in [0.25, 0.3) is 5.91 Å². The number of carbonyl (C=O) groups excluding carboxylic acids is 1. The molecule has 0 bridgehead atoms. The molecule has 0 fully saturated rings. The molecular formula is C20H18N4O3. The van der Waals surface area contributed by atoms with Crippen molar-refractivity contribution in [3.05, 3.63) is 66.3 Å². The van der Waals surface area contributed by atoms with Gasteiger partial charge >= 0.3 is 0 Å². The number of pyridine rings is 1. The number of para-hydroxylation sites is 1. The number of fused-ring (bicyclic) bond motifs is 1. The fraction of sp³-hybridized carbons (Fsp3) is 0.150. The molecule has 3 aromatic heterocycles. The van der Waals surface area contributed by atoms with Crippen molar-refractivity contribution in [2.24, 2.45) is 7.05 Å². The van der Waals surface area contributed by atoms with Crippen LogP contribution in [0.1, 0.15) is 16.2 Å². The SMILES string of the molecule is COc1cccc2cc(C(=O)NCc3cc(-c4ccncc4)n(C)n3)oc12. The van der Waals surface area contributed by atoms with E-state index in [0.29, 0.717) is 17.9 Å². The second-order valence-corrected chi connectivity index (χ2v) is 6.05. The summed E-state index contributed by atoms with van der Waals surface area (Å²) >= 11 is 0. The molecule has 4 aromatic rings. The Bertz CT molecular complexity index is 1100. The van der Waals surface area contributed by atoms with Crippen LogP contribution in [0.2, 0.25) is 0 Å². The number of carbonyl (C=O) groups is 1. The first-order valence-electron chi connectivity index (χ1n) is 8.44. The quantitative estimate of drug-likeness (QED) is 0.590. The van der Waals surface area contributed by atoms with Gasteiger partial charge in [0.05, 0.1) is 25.0 Å². The van der Waals surface area contributed by atoms with Gasteiger partial charge in [-0.2, -0.15) is 5.10 Å². The molecule has 0 aliphatic rings. The zero-order valence-electron chi connectivity index (χ0n) is 15.0. The molecular weight excluding hydrogens is 344 g/mol. The van der Waals surface area contributed by atoms with Gasteiger partial charge in [-0.05, 0) is 30.3 Å². The van der Waals surface area contributed by atoms with Gasteiger partial charge < -0.3 is 14.5 Å². The van der Waals surface area contributed by atoms with Crippen molar-refractivity contribution in [2.45, 2.75) is 6.54 Å². The summed E-state index contributed by atoms with van der Waals surface area (Å²) < 4.78 is 12.7. The molecule has 136 valence electrons. The van der Waals surface area contributed by atoms with Gasteiger partial charge in [0.1, 0.15) is 0 Å². The highest BCUT2D eigenvalue weighted by molar-refractivity contribution is 5.97. The number of hydrogen-bond acceptors (Lipinski definition) is 5. The van der Waals surface area contributed by atoms with Crippen molar-refractivity contribution >= 4 is 16.9 Å². The van der Waals surface area contributed by atoms with Crippen molar-refractivity contribution in [3.63, 3.8) is 0 Å². The molecule has 27 heavy (non-hydrogen) atoms. The normalized spacial score (nSPS) is 10.9. The Hall–Kier alpha value is -3.61. The highest BCUT2D eigenvalue weighted by atomic mass is 16.5. The molecule has 0 aliphatic carbocycles. The first-order chi connectivity index (χ1) is 13.2. The summed E-state index contributed by atoms with van der Waals surface area (Å²) in [6.07, 6.45) is 3.47. The van der Waals surface area contributed by atoms with Gasteiger partial charge in [0.2, 0.25) is 0 Å². The molecule has 4 rings (SSSR count). The molecule has 7 nitrogen and oxygen atoms in total. The molecule has 0 unspecified atom stereocenters. The minimum atomic E-state index is -0.302. The third kappa shape index (κ3) is 3.27. The fourth-order valence-electron chi connectivity index (χ4n) is 2.97. The van der Waals surface area contributed by atoms with Crippen LogP contribution >= 0.6 is 0 Å². The smallest absolute Gasteiger partial charge is 0.287 e. The fourth-order valence-corrected chi connectivity index (χ4v) is 2.97. The third-order valence-electron chi connectivity index (χ3n) is 4.29. The number of nitrogens with one attached hydrogen (secondary N) is 1. The number of rotatable bonds is 5. The average Bonchev–Trinajstić information content (AvgIpc) is 3.30. The van der Waals surface area contributed by atoms with Crippen LogP contribution in [-0.2, 0) is 13.6 Å². The molecule has 7 heteroatoms. The van der Waals surface area contributed by atoms with E-state index in [4.69, 9.17) is 9.15 Å². The molecule has 1 amide bonds. The summed E-state index contributed by atoms with van der Waals surface area (Å²) in [4.78, 5) is 16.5. The van der Waals surface area contributed by atoms with Crippen LogP contribution in [-0.4, -0.2) is 27.8 Å². The lowest BCUT2D eigenvalue weighted by atomic mass is 10.2. The first-order valence-corrected chi connectivity index (χ1v) is 8.44. The van der Waals surface area contributed by atoms with Crippen molar-refractivity contribution in [3.8, 4) is 17.0 Å². The van der Waals surface area contributed by atoms with E-state index in [9.17, 15) is 4.79 Å². The maximum Gasteiger partial charge on any atom is 0.287 e. The topological polar surface area (TPSA) is 82.2 Å². The van der Waals surface area contributed by atoms with Crippen molar-refractivity contribution < 1.29 is 13.9 Å². The van der Waals surface area contributed by atoms with Gasteiger partial charge in [-0.25, -0.2) is 0 Å². The second-order valence-electron chi connectivity index (χ2n) is 6.05. The number of amides is 1. The number of methoxy groups -OCH3 is 1. The Kier molecular flexibility index (Phi) is 4.33. The van der Waals surface area contributed by atoms with Crippen molar-refractivity contribution in [2.75, 3.05) is 7.11 Å². The molecule has 1 aromatic carbocycles. The number of furan rings is 1. The average molecular weight is 362 g/mol. The van der Waals surface area contributed by atoms with Crippen LogP contribution in [0.5, 0.6) is 5.75 Å². The van der Waals surface area contributed by atoms with E-state index in [0.717, 1.165) is 22.3 Å². The van der Waals surface area contributed by atoms with Gasteiger partial charge in [-0.3, -0.25) is 14.5 Å².